The summed E-state index contributed by atoms with van der Waals surface area (Å²) in [6, 6.07) is 18.7. The zero-order valence-electron chi connectivity index (χ0n) is 9.99. The molecule has 4 N–H and O–H groups in total. The van der Waals surface area contributed by atoms with Gasteiger partial charge in [0, 0.05) is 5.92 Å². The molecule has 0 spiro atoms. The molecule has 2 rings (SSSR count). The van der Waals surface area contributed by atoms with Gasteiger partial charge in [-0.3, -0.25) is 4.79 Å². The van der Waals surface area contributed by atoms with Crippen molar-refractivity contribution in [3.63, 3.8) is 0 Å². The molecule has 2 aromatic rings. The molecular formula is C15H16N2O. The smallest absolute Gasteiger partial charge is 0.235 e. The quantitative estimate of drug-likeness (QED) is 0.852. The van der Waals surface area contributed by atoms with Crippen molar-refractivity contribution in [1.82, 2.24) is 0 Å². The van der Waals surface area contributed by atoms with Crippen molar-refractivity contribution in [1.29, 1.82) is 0 Å². The van der Waals surface area contributed by atoms with Crippen molar-refractivity contribution in [2.75, 3.05) is 0 Å². The Morgan fingerprint density at radius 3 is 1.56 bits per heavy atom. The van der Waals surface area contributed by atoms with Gasteiger partial charge in [-0.1, -0.05) is 60.7 Å². The van der Waals surface area contributed by atoms with Crippen molar-refractivity contribution >= 4 is 5.91 Å². The van der Waals surface area contributed by atoms with Crippen LogP contribution in [0.15, 0.2) is 60.7 Å². The zero-order valence-corrected chi connectivity index (χ0v) is 9.99. The van der Waals surface area contributed by atoms with Crippen molar-refractivity contribution in [2.24, 2.45) is 11.5 Å². The normalized spacial score (nSPS) is 12.3. The lowest BCUT2D eigenvalue weighted by molar-refractivity contribution is -0.119. The first-order chi connectivity index (χ1) is 8.70. The first-order valence-electron chi connectivity index (χ1n) is 5.85. The second-order valence-corrected chi connectivity index (χ2v) is 4.23. The fraction of sp³-hybridized carbons (Fsp3) is 0.133. The second kappa shape index (κ2) is 5.47. The molecule has 92 valence electrons. The maximum Gasteiger partial charge on any atom is 0.235 e. The van der Waals surface area contributed by atoms with Crippen LogP contribution in [0.3, 0.4) is 0 Å². The van der Waals surface area contributed by atoms with E-state index in [1.165, 1.54) is 0 Å². The number of benzene rings is 2. The van der Waals surface area contributed by atoms with Gasteiger partial charge in [0.1, 0.15) is 0 Å². The average molecular weight is 240 g/mol. The molecule has 0 aliphatic rings. The molecule has 0 bridgehead atoms. The average Bonchev–Trinajstić information content (AvgIpc) is 2.41. The van der Waals surface area contributed by atoms with E-state index < -0.39 is 11.9 Å². The molecule has 0 heterocycles. The van der Waals surface area contributed by atoms with E-state index in [9.17, 15) is 4.79 Å². The topological polar surface area (TPSA) is 69.1 Å². The SMILES string of the molecule is NC(=O)C(N)C(c1ccccc1)c1ccccc1. The van der Waals surface area contributed by atoms with E-state index in [-0.39, 0.29) is 5.92 Å². The molecule has 2 aromatic carbocycles. The lowest BCUT2D eigenvalue weighted by atomic mass is 9.85. The Morgan fingerprint density at radius 1 is 0.833 bits per heavy atom. The summed E-state index contributed by atoms with van der Waals surface area (Å²) in [5.74, 6) is -0.697. The van der Waals surface area contributed by atoms with Crippen LogP contribution in [0, 0.1) is 0 Å². The fourth-order valence-electron chi connectivity index (χ4n) is 2.09. The number of carbonyl (C=O) groups is 1. The van der Waals surface area contributed by atoms with Gasteiger partial charge in [0.25, 0.3) is 0 Å². The highest BCUT2D eigenvalue weighted by atomic mass is 16.1. The second-order valence-electron chi connectivity index (χ2n) is 4.23. The zero-order chi connectivity index (χ0) is 13.0. The number of carbonyl (C=O) groups excluding carboxylic acids is 1. The molecule has 0 radical (unpaired) electrons. The monoisotopic (exact) mass is 240 g/mol. The predicted octanol–water partition coefficient (Wildman–Crippen LogP) is 1.63. The van der Waals surface area contributed by atoms with Crippen LogP contribution in [0.4, 0.5) is 0 Å². The largest absolute Gasteiger partial charge is 0.368 e. The van der Waals surface area contributed by atoms with Crippen molar-refractivity contribution in [2.45, 2.75) is 12.0 Å². The first-order valence-corrected chi connectivity index (χ1v) is 5.85. The summed E-state index contributed by atoms with van der Waals surface area (Å²) in [6.07, 6.45) is 0. The maximum atomic E-state index is 11.4. The minimum absolute atomic E-state index is 0.204. The van der Waals surface area contributed by atoms with Crippen LogP contribution in [0.5, 0.6) is 0 Å². The molecule has 0 aromatic heterocycles. The van der Waals surface area contributed by atoms with E-state index in [2.05, 4.69) is 0 Å². The van der Waals surface area contributed by atoms with E-state index in [0.29, 0.717) is 0 Å². The third-order valence-electron chi connectivity index (χ3n) is 3.01. The van der Waals surface area contributed by atoms with Crippen molar-refractivity contribution in [3.05, 3.63) is 71.8 Å². The molecule has 0 saturated carbocycles. The third-order valence-corrected chi connectivity index (χ3v) is 3.01. The van der Waals surface area contributed by atoms with Gasteiger partial charge in [-0.05, 0) is 11.1 Å². The number of rotatable bonds is 4. The number of hydrogen-bond acceptors (Lipinski definition) is 2. The molecule has 0 fully saturated rings. The van der Waals surface area contributed by atoms with Gasteiger partial charge in [0.05, 0.1) is 6.04 Å². The molecule has 1 unspecified atom stereocenters. The molecule has 0 aliphatic heterocycles. The maximum absolute atomic E-state index is 11.4. The Labute approximate surface area is 106 Å². The van der Waals surface area contributed by atoms with Crippen LogP contribution in [0.2, 0.25) is 0 Å². The molecule has 18 heavy (non-hydrogen) atoms. The lowest BCUT2D eigenvalue weighted by Gasteiger charge is -2.22. The summed E-state index contributed by atoms with van der Waals surface area (Å²) in [7, 11) is 0. The molecule has 1 atom stereocenters. The van der Waals surface area contributed by atoms with Gasteiger partial charge >= 0.3 is 0 Å². The highest BCUT2D eigenvalue weighted by Crippen LogP contribution is 2.26. The highest BCUT2D eigenvalue weighted by Gasteiger charge is 2.25. The van der Waals surface area contributed by atoms with E-state index in [0.717, 1.165) is 11.1 Å². The van der Waals surface area contributed by atoms with Crippen LogP contribution >= 0.6 is 0 Å². The Kier molecular flexibility index (Phi) is 3.75. The van der Waals surface area contributed by atoms with E-state index in [1.807, 2.05) is 60.7 Å². The van der Waals surface area contributed by atoms with Crippen LogP contribution in [-0.4, -0.2) is 11.9 Å². The number of amides is 1. The Bertz CT molecular complexity index is 471. The molecule has 3 heteroatoms. The molecular weight excluding hydrogens is 224 g/mol. The summed E-state index contributed by atoms with van der Waals surface area (Å²) in [6.45, 7) is 0. The lowest BCUT2D eigenvalue weighted by Crippen LogP contribution is -2.41. The Balaban J connectivity index is 2.45. The number of primary amides is 1. The summed E-state index contributed by atoms with van der Waals surface area (Å²) < 4.78 is 0. The summed E-state index contributed by atoms with van der Waals surface area (Å²) in [5.41, 5.74) is 13.3. The minimum atomic E-state index is -0.727. The van der Waals surface area contributed by atoms with Crippen LogP contribution in [-0.2, 0) is 4.79 Å². The van der Waals surface area contributed by atoms with Crippen LogP contribution in [0.1, 0.15) is 17.0 Å². The van der Waals surface area contributed by atoms with Crippen molar-refractivity contribution in [3.8, 4) is 0 Å². The molecule has 3 nitrogen and oxygen atoms in total. The van der Waals surface area contributed by atoms with E-state index in [4.69, 9.17) is 11.5 Å². The molecule has 0 saturated heterocycles. The van der Waals surface area contributed by atoms with Gasteiger partial charge in [0.2, 0.25) is 5.91 Å². The van der Waals surface area contributed by atoms with Crippen LogP contribution < -0.4 is 11.5 Å². The molecule has 1 amide bonds. The standard InChI is InChI=1S/C15H16N2O/c16-14(15(17)18)13(11-7-3-1-4-8-11)12-9-5-2-6-10-12/h1-10,13-14H,16H2,(H2,17,18). The number of nitrogens with two attached hydrogens (primary N) is 2. The fourth-order valence-corrected chi connectivity index (χ4v) is 2.09. The number of hydrogen-bond donors (Lipinski definition) is 2. The van der Waals surface area contributed by atoms with Gasteiger partial charge in [-0.25, -0.2) is 0 Å². The summed E-state index contributed by atoms with van der Waals surface area (Å²) in [5, 5.41) is 0. The van der Waals surface area contributed by atoms with Gasteiger partial charge in [-0.15, -0.1) is 0 Å². The Morgan fingerprint density at radius 2 is 1.22 bits per heavy atom. The predicted molar refractivity (Wildman–Crippen MR) is 71.9 cm³/mol. The minimum Gasteiger partial charge on any atom is -0.368 e. The van der Waals surface area contributed by atoms with Crippen LogP contribution in [0.25, 0.3) is 0 Å². The highest BCUT2D eigenvalue weighted by molar-refractivity contribution is 5.81. The first kappa shape index (κ1) is 12.3. The Hall–Kier alpha value is -2.13. The van der Waals surface area contributed by atoms with E-state index >= 15 is 0 Å². The van der Waals surface area contributed by atoms with Gasteiger partial charge < -0.3 is 11.5 Å². The van der Waals surface area contributed by atoms with E-state index in [1.54, 1.807) is 0 Å². The molecule has 0 aliphatic carbocycles. The van der Waals surface area contributed by atoms with Gasteiger partial charge in [0.15, 0.2) is 0 Å². The summed E-state index contributed by atoms with van der Waals surface area (Å²) >= 11 is 0. The summed E-state index contributed by atoms with van der Waals surface area (Å²) in [4.78, 5) is 11.4. The third kappa shape index (κ3) is 2.57. The van der Waals surface area contributed by atoms with Crippen molar-refractivity contribution < 1.29 is 4.79 Å². The van der Waals surface area contributed by atoms with Gasteiger partial charge in [-0.2, -0.15) is 0 Å².